The van der Waals surface area contributed by atoms with Gasteiger partial charge in [-0.25, -0.2) is 21.1 Å². The summed E-state index contributed by atoms with van der Waals surface area (Å²) in [6, 6.07) is 7.95. The maximum Gasteiger partial charge on any atom is 0.265 e. The van der Waals surface area contributed by atoms with Crippen LogP contribution in [0.3, 0.4) is 0 Å². The third-order valence-electron chi connectivity index (χ3n) is 4.00. The number of rotatable bonds is 6. The molecule has 0 atom stereocenters. The van der Waals surface area contributed by atoms with E-state index in [2.05, 4.69) is 4.72 Å². The van der Waals surface area contributed by atoms with Gasteiger partial charge in [-0.05, 0) is 43.3 Å². The van der Waals surface area contributed by atoms with Gasteiger partial charge in [0, 0.05) is 11.4 Å². The first kappa shape index (κ1) is 21.7. The Balaban J connectivity index is 2.10. The van der Waals surface area contributed by atoms with Crippen LogP contribution in [0.1, 0.15) is 13.3 Å². The summed E-state index contributed by atoms with van der Waals surface area (Å²) in [7, 11) is -8.12. The van der Waals surface area contributed by atoms with E-state index < -0.39 is 26.0 Å². The van der Waals surface area contributed by atoms with Gasteiger partial charge in [0.1, 0.15) is 10.6 Å². The van der Waals surface area contributed by atoms with Crippen LogP contribution in [-0.4, -0.2) is 35.1 Å². The van der Waals surface area contributed by atoms with Gasteiger partial charge in [-0.3, -0.25) is 9.52 Å². The van der Waals surface area contributed by atoms with Crippen molar-refractivity contribution in [3.63, 3.8) is 0 Å². The molecule has 0 spiro atoms. The Hall–Kier alpha value is -2.01. The first-order valence-corrected chi connectivity index (χ1v) is 12.2. The fourth-order valence-electron chi connectivity index (χ4n) is 2.75. The number of hydrogen-bond acceptors (Lipinski definition) is 6. The normalized spacial score (nSPS) is 16.1. The molecule has 12 heteroatoms. The quantitative estimate of drug-likeness (QED) is 0.681. The molecular weight excluding hydrogens is 463 g/mol. The number of sulfonamides is 2. The first-order valence-electron chi connectivity index (χ1n) is 8.35. The Bertz CT molecular complexity index is 1180. The number of carbonyl (C=O) groups is 1. The molecule has 1 aliphatic heterocycles. The van der Waals surface area contributed by atoms with E-state index in [1.807, 2.05) is 0 Å². The predicted octanol–water partition coefficient (Wildman–Crippen LogP) is 3.26. The molecule has 0 bridgehead atoms. The number of benzene rings is 2. The van der Waals surface area contributed by atoms with Gasteiger partial charge >= 0.3 is 0 Å². The van der Waals surface area contributed by atoms with Crippen LogP contribution in [0.4, 0.5) is 11.4 Å². The topological polar surface area (TPSA) is 110 Å². The summed E-state index contributed by atoms with van der Waals surface area (Å²) in [5, 5.41) is 0.379. The molecule has 0 saturated carbocycles. The van der Waals surface area contributed by atoms with Gasteiger partial charge < -0.3 is 4.74 Å². The van der Waals surface area contributed by atoms with Crippen molar-refractivity contribution in [3.05, 3.63) is 46.4 Å². The average Bonchev–Trinajstić information content (AvgIpc) is 2.91. The van der Waals surface area contributed by atoms with Crippen molar-refractivity contribution in [1.82, 2.24) is 0 Å². The van der Waals surface area contributed by atoms with Gasteiger partial charge in [-0.1, -0.05) is 23.2 Å². The second-order valence-corrected chi connectivity index (χ2v) is 10.4. The molecule has 1 heterocycles. The van der Waals surface area contributed by atoms with Gasteiger partial charge in [0.15, 0.2) is 0 Å². The zero-order valence-electron chi connectivity index (χ0n) is 15.1. The van der Waals surface area contributed by atoms with Crippen LogP contribution in [-0.2, 0) is 24.8 Å². The molecule has 29 heavy (non-hydrogen) atoms. The van der Waals surface area contributed by atoms with E-state index in [-0.39, 0.29) is 50.8 Å². The summed E-state index contributed by atoms with van der Waals surface area (Å²) in [5.41, 5.74) is -0.0505. The van der Waals surface area contributed by atoms with E-state index >= 15 is 0 Å². The molecule has 156 valence electrons. The molecule has 2 aromatic carbocycles. The van der Waals surface area contributed by atoms with Crippen molar-refractivity contribution in [2.24, 2.45) is 0 Å². The number of ether oxygens (including phenoxy) is 1. The Morgan fingerprint density at radius 3 is 2.52 bits per heavy atom. The average molecular weight is 479 g/mol. The van der Waals surface area contributed by atoms with Crippen LogP contribution < -0.4 is 13.8 Å². The van der Waals surface area contributed by atoms with Crippen LogP contribution in [0.15, 0.2) is 41.3 Å². The third-order valence-corrected chi connectivity index (χ3v) is 7.64. The summed E-state index contributed by atoms with van der Waals surface area (Å²) in [6.07, 6.45) is -0.173. The van der Waals surface area contributed by atoms with E-state index in [1.165, 1.54) is 30.3 Å². The molecule has 1 aliphatic rings. The van der Waals surface area contributed by atoms with E-state index in [4.69, 9.17) is 27.9 Å². The monoisotopic (exact) mass is 478 g/mol. The molecular formula is C17H16Cl2N2O6S2. The minimum Gasteiger partial charge on any atom is -0.492 e. The van der Waals surface area contributed by atoms with Crippen LogP contribution in [0.25, 0.3) is 0 Å². The van der Waals surface area contributed by atoms with Crippen molar-refractivity contribution in [1.29, 1.82) is 0 Å². The highest BCUT2D eigenvalue weighted by Crippen LogP contribution is 2.35. The van der Waals surface area contributed by atoms with Gasteiger partial charge in [-0.2, -0.15) is 0 Å². The number of nitrogens with one attached hydrogen (secondary N) is 1. The fraction of sp³-hybridized carbons (Fsp3) is 0.235. The Morgan fingerprint density at radius 2 is 1.90 bits per heavy atom. The molecule has 1 fully saturated rings. The molecule has 1 N–H and O–H groups in total. The second-order valence-electron chi connectivity index (χ2n) is 6.02. The minimum absolute atomic E-state index is 0.00838. The van der Waals surface area contributed by atoms with E-state index in [1.54, 1.807) is 6.92 Å². The largest absolute Gasteiger partial charge is 0.492 e. The van der Waals surface area contributed by atoms with E-state index in [0.717, 1.165) is 6.07 Å². The van der Waals surface area contributed by atoms with Crippen LogP contribution in [0.2, 0.25) is 10.0 Å². The number of halogens is 2. The Kier molecular flexibility index (Phi) is 6.00. The number of hydrogen-bond donors (Lipinski definition) is 1. The zero-order chi connectivity index (χ0) is 21.4. The molecule has 2 aromatic rings. The summed E-state index contributed by atoms with van der Waals surface area (Å²) in [5.74, 6) is -0.980. The summed E-state index contributed by atoms with van der Waals surface area (Å²) >= 11 is 11.9. The van der Waals surface area contributed by atoms with Crippen LogP contribution in [0, 0.1) is 0 Å². The molecule has 0 unspecified atom stereocenters. The molecule has 0 aliphatic carbocycles. The summed E-state index contributed by atoms with van der Waals surface area (Å²) in [4.78, 5) is 11.7. The lowest BCUT2D eigenvalue weighted by molar-refractivity contribution is -0.116. The van der Waals surface area contributed by atoms with E-state index in [0.29, 0.717) is 4.31 Å². The number of nitrogens with zero attached hydrogens (tertiary/aromatic N) is 1. The van der Waals surface area contributed by atoms with Crippen molar-refractivity contribution < 1.29 is 26.4 Å². The van der Waals surface area contributed by atoms with Crippen molar-refractivity contribution in [3.8, 4) is 5.75 Å². The minimum atomic E-state index is -4.26. The van der Waals surface area contributed by atoms with Crippen molar-refractivity contribution >= 4 is 60.5 Å². The number of anilines is 2. The summed E-state index contributed by atoms with van der Waals surface area (Å²) in [6.45, 7) is 1.83. The highest BCUT2D eigenvalue weighted by atomic mass is 35.5. The van der Waals surface area contributed by atoms with Crippen LogP contribution in [0.5, 0.6) is 5.75 Å². The molecule has 0 aromatic heterocycles. The van der Waals surface area contributed by atoms with E-state index in [9.17, 15) is 21.6 Å². The Morgan fingerprint density at radius 1 is 1.17 bits per heavy atom. The van der Waals surface area contributed by atoms with Crippen LogP contribution >= 0.6 is 23.2 Å². The lowest BCUT2D eigenvalue weighted by Gasteiger charge is -2.19. The molecule has 8 nitrogen and oxygen atoms in total. The molecule has 0 radical (unpaired) electrons. The molecule has 1 saturated heterocycles. The van der Waals surface area contributed by atoms with Crippen molar-refractivity contribution in [2.45, 2.75) is 18.2 Å². The van der Waals surface area contributed by atoms with Crippen molar-refractivity contribution in [2.75, 3.05) is 21.4 Å². The van der Waals surface area contributed by atoms with Gasteiger partial charge in [0.25, 0.3) is 10.0 Å². The third kappa shape index (κ3) is 4.45. The first-order chi connectivity index (χ1) is 13.5. The number of amides is 1. The standard InChI is InChI=1S/C17H16Cl2N2O6S2/c1-2-27-15-6-4-12(21-17(22)7-8-28(21,23)24)10-16(15)29(25,26)20-14-9-11(18)3-5-13(14)19/h3-6,9-10,20H,2,7-8H2,1H3. The Labute approximate surface area is 178 Å². The molecule has 1 amide bonds. The lowest BCUT2D eigenvalue weighted by atomic mass is 10.3. The summed E-state index contributed by atoms with van der Waals surface area (Å²) < 4.78 is 58.7. The SMILES string of the molecule is CCOc1ccc(N2C(=O)CCS2(=O)=O)cc1S(=O)(=O)Nc1cc(Cl)ccc1Cl. The lowest BCUT2D eigenvalue weighted by Crippen LogP contribution is -2.29. The smallest absolute Gasteiger partial charge is 0.265 e. The second kappa shape index (κ2) is 8.02. The van der Waals surface area contributed by atoms with Gasteiger partial charge in [-0.15, -0.1) is 0 Å². The van der Waals surface area contributed by atoms with Gasteiger partial charge in [0.2, 0.25) is 15.9 Å². The maximum absolute atomic E-state index is 13.0. The fourth-order valence-corrected chi connectivity index (χ4v) is 5.83. The number of carbonyl (C=O) groups excluding carboxylic acids is 1. The zero-order valence-corrected chi connectivity index (χ0v) is 18.2. The highest BCUT2D eigenvalue weighted by Gasteiger charge is 2.37. The highest BCUT2D eigenvalue weighted by molar-refractivity contribution is 7.94. The predicted molar refractivity (Wildman–Crippen MR) is 111 cm³/mol. The molecule has 3 rings (SSSR count). The maximum atomic E-state index is 13.0. The van der Waals surface area contributed by atoms with Gasteiger partial charge in [0.05, 0.1) is 28.8 Å².